The molecule has 0 atom stereocenters. The van der Waals surface area contributed by atoms with Gasteiger partial charge in [-0.05, 0) is 23.3 Å². The van der Waals surface area contributed by atoms with Crippen LogP contribution < -0.4 is 10.5 Å². The van der Waals surface area contributed by atoms with Gasteiger partial charge in [-0.1, -0.05) is 18.2 Å². The van der Waals surface area contributed by atoms with Crippen molar-refractivity contribution in [2.45, 2.75) is 19.4 Å². The van der Waals surface area contributed by atoms with Crippen molar-refractivity contribution in [3.63, 3.8) is 0 Å². The Hall–Kier alpha value is -1.95. The molecule has 2 N–H and O–H groups in total. The molecule has 0 saturated carbocycles. The zero-order chi connectivity index (χ0) is 12.8. The highest BCUT2D eigenvalue weighted by Gasteiger charge is 2.06. The van der Waals surface area contributed by atoms with Crippen molar-refractivity contribution in [2.75, 3.05) is 13.7 Å². The minimum absolute atomic E-state index is 0.516. The van der Waals surface area contributed by atoms with E-state index in [2.05, 4.69) is 15.4 Å². The van der Waals surface area contributed by atoms with Gasteiger partial charge < -0.3 is 10.5 Å². The molecule has 1 aromatic heterocycles. The van der Waals surface area contributed by atoms with E-state index < -0.39 is 0 Å². The predicted octanol–water partition coefficient (Wildman–Crippen LogP) is 0.426. The van der Waals surface area contributed by atoms with Crippen molar-refractivity contribution < 1.29 is 4.74 Å². The number of rotatable bonds is 6. The van der Waals surface area contributed by atoms with Crippen molar-refractivity contribution >= 4 is 0 Å². The van der Waals surface area contributed by atoms with Crippen LogP contribution in [0.15, 0.2) is 24.3 Å². The van der Waals surface area contributed by atoms with E-state index in [4.69, 9.17) is 10.5 Å². The van der Waals surface area contributed by atoms with E-state index in [1.165, 1.54) is 4.80 Å². The van der Waals surface area contributed by atoms with Gasteiger partial charge in [-0.3, -0.25) is 0 Å². The van der Waals surface area contributed by atoms with Gasteiger partial charge in [-0.2, -0.15) is 4.80 Å². The SMILES string of the molecule is COc1ccccc1CCc1nnn(CCN)n1. The molecule has 0 unspecified atom stereocenters. The first-order chi connectivity index (χ1) is 8.83. The van der Waals surface area contributed by atoms with Crippen LogP contribution in [0, 0.1) is 0 Å². The molecule has 1 heterocycles. The third-order valence-electron chi connectivity index (χ3n) is 2.63. The summed E-state index contributed by atoms with van der Waals surface area (Å²) in [7, 11) is 1.68. The molecular formula is C12H17N5O. The zero-order valence-corrected chi connectivity index (χ0v) is 10.4. The summed E-state index contributed by atoms with van der Waals surface area (Å²) in [5.74, 6) is 1.63. The molecule has 18 heavy (non-hydrogen) atoms. The van der Waals surface area contributed by atoms with E-state index in [9.17, 15) is 0 Å². The fourth-order valence-corrected chi connectivity index (χ4v) is 1.74. The average molecular weight is 247 g/mol. The first-order valence-corrected chi connectivity index (χ1v) is 5.92. The van der Waals surface area contributed by atoms with E-state index in [1.807, 2.05) is 24.3 Å². The van der Waals surface area contributed by atoms with Gasteiger partial charge in [0.15, 0.2) is 5.82 Å². The number of nitrogens with two attached hydrogens (primary N) is 1. The van der Waals surface area contributed by atoms with Crippen LogP contribution in [-0.4, -0.2) is 33.9 Å². The number of ether oxygens (including phenoxy) is 1. The number of nitrogens with zero attached hydrogens (tertiary/aromatic N) is 4. The lowest BCUT2D eigenvalue weighted by molar-refractivity contribution is 0.409. The van der Waals surface area contributed by atoms with Gasteiger partial charge in [0.05, 0.1) is 13.7 Å². The summed E-state index contributed by atoms with van der Waals surface area (Å²) in [5.41, 5.74) is 6.58. The number of benzene rings is 1. The van der Waals surface area contributed by atoms with Gasteiger partial charge in [0.2, 0.25) is 0 Å². The van der Waals surface area contributed by atoms with E-state index in [0.717, 1.165) is 30.0 Å². The molecule has 6 heteroatoms. The second kappa shape index (κ2) is 6.11. The maximum atomic E-state index is 5.43. The topological polar surface area (TPSA) is 78.9 Å². The van der Waals surface area contributed by atoms with Crippen LogP contribution in [0.2, 0.25) is 0 Å². The Labute approximate surface area is 106 Å². The second-order valence-corrected chi connectivity index (χ2v) is 3.90. The Morgan fingerprint density at radius 2 is 2.11 bits per heavy atom. The summed E-state index contributed by atoms with van der Waals surface area (Å²) < 4.78 is 5.30. The maximum absolute atomic E-state index is 5.43. The number of hydrogen-bond acceptors (Lipinski definition) is 5. The zero-order valence-electron chi connectivity index (χ0n) is 10.4. The van der Waals surface area contributed by atoms with Gasteiger partial charge in [0.1, 0.15) is 5.75 Å². The molecular weight excluding hydrogens is 230 g/mol. The molecule has 0 aliphatic rings. The van der Waals surface area contributed by atoms with Crippen LogP contribution in [0.4, 0.5) is 0 Å². The number of aryl methyl sites for hydroxylation is 2. The van der Waals surface area contributed by atoms with Crippen LogP contribution in [0.25, 0.3) is 0 Å². The minimum Gasteiger partial charge on any atom is -0.496 e. The normalized spacial score (nSPS) is 10.6. The molecule has 0 fully saturated rings. The highest BCUT2D eigenvalue weighted by atomic mass is 16.5. The fraction of sp³-hybridized carbons (Fsp3) is 0.417. The second-order valence-electron chi connectivity index (χ2n) is 3.90. The van der Waals surface area contributed by atoms with Crippen molar-refractivity contribution in [3.05, 3.63) is 35.7 Å². The Kier molecular flexibility index (Phi) is 4.25. The summed E-state index contributed by atoms with van der Waals surface area (Å²) in [4.78, 5) is 1.53. The Bertz CT molecular complexity index is 497. The molecule has 1 aromatic carbocycles. The molecule has 0 radical (unpaired) electrons. The summed E-state index contributed by atoms with van der Waals surface area (Å²) in [6.45, 7) is 1.12. The van der Waals surface area contributed by atoms with Gasteiger partial charge in [0.25, 0.3) is 0 Å². The number of methoxy groups -OCH3 is 1. The Morgan fingerprint density at radius 1 is 1.28 bits per heavy atom. The Balaban J connectivity index is 1.97. The van der Waals surface area contributed by atoms with Crippen molar-refractivity contribution in [1.82, 2.24) is 20.2 Å². The Morgan fingerprint density at radius 3 is 2.89 bits per heavy atom. The van der Waals surface area contributed by atoms with Crippen LogP contribution in [0.3, 0.4) is 0 Å². The van der Waals surface area contributed by atoms with E-state index >= 15 is 0 Å². The molecule has 96 valence electrons. The van der Waals surface area contributed by atoms with Gasteiger partial charge in [-0.15, -0.1) is 10.2 Å². The molecule has 0 aliphatic heterocycles. The summed E-state index contributed by atoms with van der Waals surface area (Å²) in [5, 5.41) is 12.2. The highest BCUT2D eigenvalue weighted by molar-refractivity contribution is 5.33. The van der Waals surface area contributed by atoms with E-state index in [-0.39, 0.29) is 0 Å². The van der Waals surface area contributed by atoms with Crippen LogP contribution in [0.1, 0.15) is 11.4 Å². The molecule has 0 amide bonds. The van der Waals surface area contributed by atoms with E-state index in [0.29, 0.717) is 13.1 Å². The molecule has 0 bridgehead atoms. The van der Waals surface area contributed by atoms with Crippen LogP contribution in [-0.2, 0) is 19.4 Å². The van der Waals surface area contributed by atoms with Gasteiger partial charge in [-0.25, -0.2) is 0 Å². The fourth-order valence-electron chi connectivity index (χ4n) is 1.74. The summed E-state index contributed by atoms with van der Waals surface area (Å²) in [6, 6.07) is 7.95. The predicted molar refractivity (Wildman–Crippen MR) is 67.3 cm³/mol. The van der Waals surface area contributed by atoms with Crippen molar-refractivity contribution in [1.29, 1.82) is 0 Å². The van der Waals surface area contributed by atoms with Crippen molar-refractivity contribution in [2.24, 2.45) is 5.73 Å². The lowest BCUT2D eigenvalue weighted by atomic mass is 10.1. The quantitative estimate of drug-likeness (QED) is 0.800. The summed E-state index contributed by atoms with van der Waals surface area (Å²) >= 11 is 0. The maximum Gasteiger partial charge on any atom is 0.175 e. The van der Waals surface area contributed by atoms with Crippen LogP contribution >= 0.6 is 0 Å². The molecule has 2 aromatic rings. The third kappa shape index (κ3) is 3.04. The molecule has 6 nitrogen and oxygen atoms in total. The molecule has 0 aliphatic carbocycles. The third-order valence-corrected chi connectivity index (χ3v) is 2.63. The van der Waals surface area contributed by atoms with Crippen molar-refractivity contribution in [3.8, 4) is 5.75 Å². The minimum atomic E-state index is 0.516. The lowest BCUT2D eigenvalue weighted by Gasteiger charge is -2.06. The van der Waals surface area contributed by atoms with Gasteiger partial charge in [0, 0.05) is 13.0 Å². The van der Waals surface area contributed by atoms with E-state index in [1.54, 1.807) is 7.11 Å². The summed E-state index contributed by atoms with van der Waals surface area (Å²) in [6.07, 6.45) is 1.57. The van der Waals surface area contributed by atoms with Gasteiger partial charge >= 0.3 is 0 Å². The van der Waals surface area contributed by atoms with Crippen LogP contribution in [0.5, 0.6) is 5.75 Å². The number of hydrogen-bond donors (Lipinski definition) is 1. The monoisotopic (exact) mass is 247 g/mol. The first kappa shape index (κ1) is 12.5. The molecule has 2 rings (SSSR count). The number of para-hydroxylation sites is 1. The molecule has 0 spiro atoms. The largest absolute Gasteiger partial charge is 0.496 e. The lowest BCUT2D eigenvalue weighted by Crippen LogP contribution is -2.12. The highest BCUT2D eigenvalue weighted by Crippen LogP contribution is 2.18. The average Bonchev–Trinajstić information content (AvgIpc) is 2.85. The standard InChI is InChI=1S/C12H17N5O/c1-18-11-5-3-2-4-10(11)6-7-12-14-16-17(15-12)9-8-13/h2-5H,6-9,13H2,1H3. The number of tetrazole rings is 1. The molecule has 0 saturated heterocycles. The first-order valence-electron chi connectivity index (χ1n) is 5.92. The number of aromatic nitrogens is 4. The smallest absolute Gasteiger partial charge is 0.175 e.